The van der Waals surface area contributed by atoms with Gasteiger partial charge in [-0.2, -0.15) is 5.10 Å². The van der Waals surface area contributed by atoms with E-state index in [0.717, 1.165) is 18.4 Å². The minimum absolute atomic E-state index is 0.116. The Bertz CT molecular complexity index is 672. The summed E-state index contributed by atoms with van der Waals surface area (Å²) in [5.41, 5.74) is 3.49. The van der Waals surface area contributed by atoms with E-state index in [-0.39, 0.29) is 5.91 Å². The lowest BCUT2D eigenvalue weighted by atomic mass is 10.1. The van der Waals surface area contributed by atoms with Gasteiger partial charge >= 0.3 is 0 Å². The molecule has 1 fully saturated rings. The van der Waals surface area contributed by atoms with Gasteiger partial charge in [0.1, 0.15) is 5.15 Å². The van der Waals surface area contributed by atoms with Gasteiger partial charge in [-0.3, -0.25) is 4.79 Å². The van der Waals surface area contributed by atoms with Gasteiger partial charge in [0.15, 0.2) is 0 Å². The number of nitrogens with zero attached hydrogens (tertiary/aromatic N) is 2. The predicted octanol–water partition coefficient (Wildman–Crippen LogP) is 3.09. The molecule has 1 aliphatic rings. The molecule has 1 aromatic heterocycles. The van der Waals surface area contributed by atoms with Crippen molar-refractivity contribution < 1.29 is 4.79 Å². The monoisotopic (exact) mass is 303 g/mol. The van der Waals surface area contributed by atoms with Crippen LogP contribution in [0.2, 0.25) is 5.15 Å². The van der Waals surface area contributed by atoms with E-state index >= 15 is 0 Å². The van der Waals surface area contributed by atoms with Crippen LogP contribution in [0.5, 0.6) is 0 Å². The number of halogens is 1. The zero-order chi connectivity index (χ0) is 15.0. The van der Waals surface area contributed by atoms with E-state index in [2.05, 4.69) is 29.5 Å². The number of rotatable bonds is 4. The van der Waals surface area contributed by atoms with Crippen LogP contribution < -0.4 is 5.32 Å². The first kappa shape index (κ1) is 14.1. The topological polar surface area (TPSA) is 46.9 Å². The van der Waals surface area contributed by atoms with E-state index in [1.54, 1.807) is 4.68 Å². The Hall–Kier alpha value is -1.81. The molecular weight excluding hydrogens is 286 g/mol. The average molecular weight is 304 g/mol. The molecule has 1 N–H and O–H groups in total. The summed E-state index contributed by atoms with van der Waals surface area (Å²) in [4.78, 5) is 12.2. The van der Waals surface area contributed by atoms with Gasteiger partial charge in [-0.15, -0.1) is 0 Å². The van der Waals surface area contributed by atoms with Gasteiger partial charge in [-0.1, -0.05) is 41.4 Å². The van der Waals surface area contributed by atoms with Crippen LogP contribution in [0.15, 0.2) is 24.3 Å². The Morgan fingerprint density at radius 3 is 2.62 bits per heavy atom. The zero-order valence-corrected chi connectivity index (χ0v) is 12.9. The summed E-state index contributed by atoms with van der Waals surface area (Å²) in [5.74, 6) is -0.116. The minimum atomic E-state index is -0.116. The maximum absolute atomic E-state index is 12.2. The number of carbonyl (C=O) groups excluding carboxylic acids is 1. The summed E-state index contributed by atoms with van der Waals surface area (Å²) >= 11 is 6.35. The average Bonchev–Trinajstić information content (AvgIpc) is 3.19. The molecule has 4 nitrogen and oxygen atoms in total. The van der Waals surface area contributed by atoms with Crippen molar-refractivity contribution >= 4 is 17.5 Å². The van der Waals surface area contributed by atoms with E-state index in [9.17, 15) is 4.79 Å². The van der Waals surface area contributed by atoms with Crippen molar-refractivity contribution in [3.63, 3.8) is 0 Å². The third-order valence-electron chi connectivity index (χ3n) is 3.66. The van der Waals surface area contributed by atoms with Crippen LogP contribution in [-0.2, 0) is 6.54 Å². The second-order valence-electron chi connectivity index (χ2n) is 5.64. The molecule has 0 spiro atoms. The maximum Gasteiger partial charge on any atom is 0.256 e. The molecular formula is C16H18ClN3O. The van der Waals surface area contributed by atoms with Gasteiger partial charge < -0.3 is 5.32 Å². The molecule has 1 heterocycles. The third kappa shape index (κ3) is 3.10. The Balaban J connectivity index is 1.82. The van der Waals surface area contributed by atoms with E-state index in [0.29, 0.717) is 29.0 Å². The van der Waals surface area contributed by atoms with Crippen molar-refractivity contribution in [2.45, 2.75) is 39.3 Å². The SMILES string of the molecule is Cc1ccc(Cn2nc(C)c(C(=O)NC3CC3)c2Cl)cc1. The fourth-order valence-electron chi connectivity index (χ4n) is 2.27. The predicted molar refractivity (Wildman–Crippen MR) is 82.7 cm³/mol. The molecule has 110 valence electrons. The van der Waals surface area contributed by atoms with Crippen molar-refractivity contribution in [3.05, 3.63) is 51.8 Å². The van der Waals surface area contributed by atoms with Crippen molar-refractivity contribution in [3.8, 4) is 0 Å². The third-order valence-corrected chi connectivity index (χ3v) is 4.04. The summed E-state index contributed by atoms with van der Waals surface area (Å²) < 4.78 is 1.68. The van der Waals surface area contributed by atoms with E-state index in [4.69, 9.17) is 11.6 Å². The first-order valence-corrected chi connectivity index (χ1v) is 7.51. The summed E-state index contributed by atoms with van der Waals surface area (Å²) in [6.07, 6.45) is 2.11. The molecule has 1 aromatic carbocycles. The maximum atomic E-state index is 12.2. The molecule has 0 radical (unpaired) electrons. The Morgan fingerprint density at radius 2 is 2.00 bits per heavy atom. The Morgan fingerprint density at radius 1 is 1.33 bits per heavy atom. The van der Waals surface area contributed by atoms with Crippen LogP contribution in [0, 0.1) is 13.8 Å². The van der Waals surface area contributed by atoms with Crippen LogP contribution in [0.1, 0.15) is 40.0 Å². The van der Waals surface area contributed by atoms with Crippen LogP contribution in [-0.4, -0.2) is 21.7 Å². The highest BCUT2D eigenvalue weighted by atomic mass is 35.5. The molecule has 0 saturated heterocycles. The second kappa shape index (κ2) is 5.53. The molecule has 0 bridgehead atoms. The highest BCUT2D eigenvalue weighted by Crippen LogP contribution is 2.24. The molecule has 0 unspecified atom stereocenters. The molecule has 1 amide bonds. The highest BCUT2D eigenvalue weighted by Gasteiger charge is 2.27. The number of aromatic nitrogens is 2. The Kier molecular flexibility index (Phi) is 3.72. The summed E-state index contributed by atoms with van der Waals surface area (Å²) in [6, 6.07) is 8.52. The fraction of sp³-hybridized carbons (Fsp3) is 0.375. The van der Waals surface area contributed by atoms with Crippen molar-refractivity contribution in [1.29, 1.82) is 0 Å². The molecule has 5 heteroatoms. The minimum Gasteiger partial charge on any atom is -0.349 e. The van der Waals surface area contributed by atoms with Crippen LogP contribution in [0.25, 0.3) is 0 Å². The molecule has 0 atom stereocenters. The fourth-order valence-corrected chi connectivity index (χ4v) is 2.59. The highest BCUT2D eigenvalue weighted by molar-refractivity contribution is 6.33. The van der Waals surface area contributed by atoms with Crippen molar-refractivity contribution in [2.24, 2.45) is 0 Å². The van der Waals surface area contributed by atoms with Gasteiger partial charge in [-0.25, -0.2) is 4.68 Å². The quantitative estimate of drug-likeness (QED) is 0.943. The first-order chi connectivity index (χ1) is 10.0. The van der Waals surface area contributed by atoms with Gasteiger partial charge in [0.05, 0.1) is 17.8 Å². The lowest BCUT2D eigenvalue weighted by Gasteiger charge is -2.05. The lowest BCUT2D eigenvalue weighted by molar-refractivity contribution is 0.0950. The number of amides is 1. The first-order valence-electron chi connectivity index (χ1n) is 7.14. The number of benzene rings is 1. The molecule has 0 aliphatic heterocycles. The molecule has 1 saturated carbocycles. The van der Waals surface area contributed by atoms with Crippen molar-refractivity contribution in [2.75, 3.05) is 0 Å². The standard InChI is InChI=1S/C16H18ClN3O/c1-10-3-5-12(6-4-10)9-20-15(17)14(11(2)19-20)16(21)18-13-7-8-13/h3-6,13H,7-9H2,1-2H3,(H,18,21). The molecule has 3 rings (SSSR count). The second-order valence-corrected chi connectivity index (χ2v) is 6.00. The largest absolute Gasteiger partial charge is 0.349 e. The van der Waals surface area contributed by atoms with Gasteiger partial charge in [-0.05, 0) is 32.3 Å². The summed E-state index contributed by atoms with van der Waals surface area (Å²) in [6.45, 7) is 4.44. The number of aryl methyl sites for hydroxylation is 2. The molecule has 2 aromatic rings. The smallest absolute Gasteiger partial charge is 0.256 e. The van der Waals surface area contributed by atoms with Crippen LogP contribution >= 0.6 is 11.6 Å². The summed E-state index contributed by atoms with van der Waals surface area (Å²) in [7, 11) is 0. The number of hydrogen-bond acceptors (Lipinski definition) is 2. The Labute approximate surface area is 129 Å². The van der Waals surface area contributed by atoms with E-state index in [1.807, 2.05) is 19.1 Å². The lowest BCUT2D eigenvalue weighted by Crippen LogP contribution is -2.26. The summed E-state index contributed by atoms with van der Waals surface area (Å²) in [5, 5.41) is 7.77. The molecule has 21 heavy (non-hydrogen) atoms. The van der Waals surface area contributed by atoms with E-state index in [1.165, 1.54) is 5.56 Å². The number of hydrogen-bond donors (Lipinski definition) is 1. The van der Waals surface area contributed by atoms with Crippen molar-refractivity contribution in [1.82, 2.24) is 15.1 Å². The van der Waals surface area contributed by atoms with Gasteiger partial charge in [0, 0.05) is 6.04 Å². The normalized spacial score (nSPS) is 14.2. The van der Waals surface area contributed by atoms with E-state index < -0.39 is 0 Å². The molecule has 1 aliphatic carbocycles. The van der Waals surface area contributed by atoms with Gasteiger partial charge in [0.25, 0.3) is 5.91 Å². The zero-order valence-electron chi connectivity index (χ0n) is 12.2. The van der Waals surface area contributed by atoms with Crippen LogP contribution in [0.3, 0.4) is 0 Å². The van der Waals surface area contributed by atoms with Crippen LogP contribution in [0.4, 0.5) is 0 Å². The number of carbonyl (C=O) groups is 1. The van der Waals surface area contributed by atoms with Gasteiger partial charge in [0.2, 0.25) is 0 Å². The number of nitrogens with one attached hydrogen (secondary N) is 1.